The van der Waals surface area contributed by atoms with Gasteiger partial charge in [0, 0.05) is 45.1 Å². The van der Waals surface area contributed by atoms with Crippen LogP contribution >= 0.6 is 0 Å². The van der Waals surface area contributed by atoms with Crippen LogP contribution in [0.5, 0.6) is 0 Å². The first-order chi connectivity index (χ1) is 15.8. The number of carboxylic acid groups (broad SMARTS) is 1. The van der Waals surface area contributed by atoms with Gasteiger partial charge in [0.15, 0.2) is 0 Å². The zero-order valence-electron chi connectivity index (χ0n) is 18.8. The van der Waals surface area contributed by atoms with Gasteiger partial charge in [0.25, 0.3) is 0 Å². The number of aromatic amines is 1. The van der Waals surface area contributed by atoms with E-state index in [2.05, 4.69) is 25.2 Å². The number of piperidine rings is 1. The van der Waals surface area contributed by atoms with Crippen LogP contribution in [0, 0.1) is 12.3 Å². The predicted octanol–water partition coefficient (Wildman–Crippen LogP) is 2.56. The zero-order chi connectivity index (χ0) is 23.6. The number of hydrogen-bond donors (Lipinski definition) is 4. The Kier molecular flexibility index (Phi) is 6.19. The first-order valence-corrected chi connectivity index (χ1v) is 10.9. The van der Waals surface area contributed by atoms with Gasteiger partial charge in [-0.05, 0) is 43.0 Å². The molecule has 0 atom stereocenters. The molecule has 3 heterocycles. The van der Waals surface area contributed by atoms with Gasteiger partial charge in [-0.2, -0.15) is 0 Å². The number of fused-ring (bicyclic) bond motifs is 1. The highest BCUT2D eigenvalue weighted by molar-refractivity contribution is 5.96. The summed E-state index contributed by atoms with van der Waals surface area (Å²) in [5.74, 6) is 0.763. The second-order valence-electron chi connectivity index (χ2n) is 8.66. The van der Waals surface area contributed by atoms with Crippen molar-refractivity contribution in [3.63, 3.8) is 0 Å². The lowest BCUT2D eigenvalue weighted by Crippen LogP contribution is -2.50. The molecule has 1 saturated heterocycles. The summed E-state index contributed by atoms with van der Waals surface area (Å²) in [6.45, 7) is 3.82. The highest BCUT2D eigenvalue weighted by Crippen LogP contribution is 2.36. The molecule has 174 valence electrons. The summed E-state index contributed by atoms with van der Waals surface area (Å²) >= 11 is 0. The Morgan fingerprint density at radius 2 is 2.06 bits per heavy atom. The molecular formula is C23H29N7O3. The van der Waals surface area contributed by atoms with Crippen LogP contribution in [0.4, 0.5) is 16.3 Å². The number of nitrogens with one attached hydrogen (secondary N) is 2. The zero-order valence-corrected chi connectivity index (χ0v) is 18.8. The smallest absolute Gasteiger partial charge is 0.407 e. The number of amides is 2. The van der Waals surface area contributed by atoms with E-state index in [9.17, 15) is 9.59 Å². The molecule has 0 unspecified atom stereocenters. The Morgan fingerprint density at radius 3 is 2.76 bits per heavy atom. The number of nitrogens with two attached hydrogens (primary N) is 1. The number of aryl methyl sites for hydroxylation is 1. The normalized spacial score (nSPS) is 15.4. The molecule has 33 heavy (non-hydrogen) atoms. The lowest BCUT2D eigenvalue weighted by Gasteiger charge is -2.40. The summed E-state index contributed by atoms with van der Waals surface area (Å²) in [5, 5.41) is 13.1. The third-order valence-corrected chi connectivity index (χ3v) is 6.47. The number of hydrogen-bond acceptors (Lipinski definition) is 6. The van der Waals surface area contributed by atoms with Gasteiger partial charge < -0.3 is 30.9 Å². The second-order valence-corrected chi connectivity index (χ2v) is 8.66. The number of anilines is 2. The number of rotatable bonds is 6. The molecule has 3 aromatic rings. The van der Waals surface area contributed by atoms with Crippen molar-refractivity contribution in [3.05, 3.63) is 47.9 Å². The average Bonchev–Trinajstić information content (AvgIpc) is 3.20. The minimum Gasteiger partial charge on any atom is -0.465 e. The molecule has 0 radical (unpaired) electrons. The van der Waals surface area contributed by atoms with Gasteiger partial charge in [-0.3, -0.25) is 4.79 Å². The van der Waals surface area contributed by atoms with Gasteiger partial charge in [-0.15, -0.1) is 0 Å². The van der Waals surface area contributed by atoms with Crippen molar-refractivity contribution in [3.8, 4) is 0 Å². The molecule has 0 aliphatic carbocycles. The van der Waals surface area contributed by atoms with Gasteiger partial charge in [0.1, 0.15) is 17.8 Å². The molecule has 0 saturated carbocycles. The SMILES string of the molecule is Cc1c[nH]c2ncnc(N3CCC(CN)(C(=O)Nc4cccc(CN(C)C(=O)O)c4)CC3)c12. The van der Waals surface area contributed by atoms with Crippen molar-refractivity contribution in [1.29, 1.82) is 0 Å². The maximum absolute atomic E-state index is 13.3. The van der Waals surface area contributed by atoms with Gasteiger partial charge >= 0.3 is 6.09 Å². The fraction of sp³-hybridized carbons (Fsp3) is 0.391. The molecule has 1 aromatic carbocycles. The lowest BCUT2D eigenvalue weighted by molar-refractivity contribution is -0.126. The summed E-state index contributed by atoms with van der Waals surface area (Å²) in [5.41, 5.74) is 8.76. The number of aromatic nitrogens is 3. The first-order valence-electron chi connectivity index (χ1n) is 10.9. The summed E-state index contributed by atoms with van der Waals surface area (Å²) < 4.78 is 0. The lowest BCUT2D eigenvalue weighted by atomic mass is 9.77. The summed E-state index contributed by atoms with van der Waals surface area (Å²) in [6, 6.07) is 7.23. The molecule has 2 amide bonds. The Hall–Kier alpha value is -3.66. The maximum atomic E-state index is 13.3. The van der Waals surface area contributed by atoms with E-state index in [1.54, 1.807) is 24.5 Å². The molecule has 1 aliphatic rings. The fourth-order valence-corrected chi connectivity index (χ4v) is 4.36. The van der Waals surface area contributed by atoms with Crippen molar-refractivity contribution >= 4 is 34.5 Å². The quantitative estimate of drug-likeness (QED) is 0.451. The van der Waals surface area contributed by atoms with Crippen LogP contribution in [-0.2, 0) is 11.3 Å². The van der Waals surface area contributed by atoms with Gasteiger partial charge in [-0.1, -0.05) is 12.1 Å². The van der Waals surface area contributed by atoms with Crippen LogP contribution in [0.2, 0.25) is 0 Å². The van der Waals surface area contributed by atoms with E-state index in [1.165, 1.54) is 11.9 Å². The number of carbonyl (C=O) groups excluding carboxylic acids is 1. The van der Waals surface area contributed by atoms with Crippen molar-refractivity contribution in [2.45, 2.75) is 26.3 Å². The summed E-state index contributed by atoms with van der Waals surface area (Å²) in [6.07, 6.45) is 3.68. The van der Waals surface area contributed by atoms with Crippen molar-refractivity contribution in [2.75, 3.05) is 36.9 Å². The number of nitrogens with zero attached hydrogens (tertiary/aromatic N) is 4. The number of carbonyl (C=O) groups is 2. The van der Waals surface area contributed by atoms with Crippen LogP contribution in [0.25, 0.3) is 11.0 Å². The fourth-order valence-electron chi connectivity index (χ4n) is 4.36. The third-order valence-electron chi connectivity index (χ3n) is 6.47. The first kappa shape index (κ1) is 22.5. The highest BCUT2D eigenvalue weighted by Gasteiger charge is 2.41. The number of H-pyrrole nitrogens is 1. The predicted molar refractivity (Wildman–Crippen MR) is 126 cm³/mol. The molecule has 10 nitrogen and oxygen atoms in total. The maximum Gasteiger partial charge on any atom is 0.407 e. The molecule has 0 spiro atoms. The van der Waals surface area contributed by atoms with E-state index in [4.69, 9.17) is 10.8 Å². The Morgan fingerprint density at radius 1 is 1.30 bits per heavy atom. The molecule has 1 aliphatic heterocycles. The van der Waals surface area contributed by atoms with Gasteiger partial charge in [0.05, 0.1) is 10.8 Å². The number of benzene rings is 1. The molecule has 0 bridgehead atoms. The molecule has 2 aromatic heterocycles. The van der Waals surface area contributed by atoms with Gasteiger partial charge in [-0.25, -0.2) is 14.8 Å². The Balaban J connectivity index is 1.46. The highest BCUT2D eigenvalue weighted by atomic mass is 16.4. The largest absolute Gasteiger partial charge is 0.465 e. The van der Waals surface area contributed by atoms with Crippen LogP contribution in [0.3, 0.4) is 0 Å². The second kappa shape index (κ2) is 9.07. The van der Waals surface area contributed by atoms with Crippen LogP contribution in [-0.4, -0.2) is 63.6 Å². The Bertz CT molecular complexity index is 1170. The molecule has 10 heteroatoms. The molecular weight excluding hydrogens is 422 g/mol. The standard InChI is InChI=1S/C23H29N7O3/c1-15-11-25-19-18(15)20(27-14-26-19)30-8-6-23(13-24,7-9-30)21(31)28-17-5-3-4-16(10-17)12-29(2)22(32)33/h3-5,10-11,14H,6-9,12-13,24H2,1-2H3,(H,28,31)(H,32,33)(H,25,26,27). The van der Waals surface area contributed by atoms with Crippen LogP contribution < -0.4 is 16.0 Å². The monoisotopic (exact) mass is 451 g/mol. The third kappa shape index (κ3) is 4.47. The van der Waals surface area contributed by atoms with E-state index in [0.29, 0.717) is 31.6 Å². The minimum absolute atomic E-state index is 0.112. The van der Waals surface area contributed by atoms with Gasteiger partial charge in [0.2, 0.25) is 5.91 Å². The average molecular weight is 452 g/mol. The molecule has 4 rings (SSSR count). The van der Waals surface area contributed by atoms with E-state index in [-0.39, 0.29) is 19.0 Å². The molecule has 1 fully saturated rings. The Labute approximate surface area is 191 Å². The van der Waals surface area contributed by atoms with E-state index >= 15 is 0 Å². The van der Waals surface area contributed by atoms with Crippen molar-refractivity contribution in [2.24, 2.45) is 11.1 Å². The van der Waals surface area contributed by atoms with Crippen molar-refractivity contribution in [1.82, 2.24) is 19.9 Å². The van der Waals surface area contributed by atoms with Crippen LogP contribution in [0.15, 0.2) is 36.8 Å². The van der Waals surface area contributed by atoms with E-state index in [0.717, 1.165) is 28.0 Å². The molecule has 5 N–H and O–H groups in total. The minimum atomic E-state index is -1.01. The summed E-state index contributed by atoms with van der Waals surface area (Å²) in [7, 11) is 1.51. The van der Waals surface area contributed by atoms with Crippen molar-refractivity contribution < 1.29 is 14.7 Å². The van der Waals surface area contributed by atoms with Crippen LogP contribution in [0.1, 0.15) is 24.0 Å². The van der Waals surface area contributed by atoms with E-state index in [1.807, 2.05) is 19.2 Å². The topological polar surface area (TPSA) is 140 Å². The van der Waals surface area contributed by atoms with E-state index < -0.39 is 11.5 Å². The summed E-state index contributed by atoms with van der Waals surface area (Å²) in [4.78, 5) is 39.7.